The van der Waals surface area contributed by atoms with Crippen molar-refractivity contribution in [3.8, 4) is 0 Å². The summed E-state index contributed by atoms with van der Waals surface area (Å²) >= 11 is 3.46. The van der Waals surface area contributed by atoms with Gasteiger partial charge in [0.15, 0.2) is 0 Å². The maximum atomic E-state index is 12.0. The van der Waals surface area contributed by atoms with Crippen LogP contribution in [-0.2, 0) is 17.6 Å². The van der Waals surface area contributed by atoms with Gasteiger partial charge in [-0.3, -0.25) is 4.79 Å². The molecule has 0 fully saturated rings. The highest BCUT2D eigenvalue weighted by Gasteiger charge is 2.09. The summed E-state index contributed by atoms with van der Waals surface area (Å²) in [6, 6.07) is 15.9. The zero-order chi connectivity index (χ0) is 15.9. The first kappa shape index (κ1) is 16.6. The fourth-order valence-electron chi connectivity index (χ4n) is 2.43. The number of para-hydroxylation sites is 1. The molecule has 3 nitrogen and oxygen atoms in total. The first-order chi connectivity index (χ1) is 10.5. The highest BCUT2D eigenvalue weighted by atomic mass is 79.9. The van der Waals surface area contributed by atoms with E-state index in [9.17, 15) is 4.79 Å². The van der Waals surface area contributed by atoms with Crippen molar-refractivity contribution in [2.75, 3.05) is 5.73 Å². The van der Waals surface area contributed by atoms with E-state index in [1.165, 1.54) is 5.56 Å². The third kappa shape index (κ3) is 5.19. The Bertz CT molecular complexity index is 642. The molecule has 2 aromatic carbocycles. The molecule has 0 aliphatic heterocycles. The SMILES string of the molecule is CC(Cc1cccc(Br)c1)NC(=O)CCc1ccccc1N. The van der Waals surface area contributed by atoms with Gasteiger partial charge in [0.25, 0.3) is 0 Å². The van der Waals surface area contributed by atoms with E-state index in [0.29, 0.717) is 12.8 Å². The number of hydrogen-bond acceptors (Lipinski definition) is 2. The molecule has 0 aliphatic carbocycles. The molecular formula is C18H21BrN2O. The predicted molar refractivity (Wildman–Crippen MR) is 94.6 cm³/mol. The second-order valence-electron chi connectivity index (χ2n) is 5.50. The van der Waals surface area contributed by atoms with Gasteiger partial charge in [-0.1, -0.05) is 46.3 Å². The summed E-state index contributed by atoms with van der Waals surface area (Å²) in [6.45, 7) is 2.02. The quantitative estimate of drug-likeness (QED) is 0.771. The van der Waals surface area contributed by atoms with E-state index < -0.39 is 0 Å². The number of benzene rings is 2. The Hall–Kier alpha value is -1.81. The molecule has 116 valence electrons. The van der Waals surface area contributed by atoms with Crippen molar-refractivity contribution in [2.24, 2.45) is 0 Å². The fraction of sp³-hybridized carbons (Fsp3) is 0.278. The summed E-state index contributed by atoms with van der Waals surface area (Å²) in [5.74, 6) is 0.0609. The fourth-order valence-corrected chi connectivity index (χ4v) is 2.87. The molecule has 3 N–H and O–H groups in total. The van der Waals surface area contributed by atoms with Gasteiger partial charge in [0.2, 0.25) is 5.91 Å². The lowest BCUT2D eigenvalue weighted by Crippen LogP contribution is -2.34. The Kier molecular flexibility index (Phi) is 6.01. The Balaban J connectivity index is 1.80. The van der Waals surface area contributed by atoms with E-state index in [1.807, 2.05) is 43.3 Å². The van der Waals surface area contributed by atoms with Gasteiger partial charge < -0.3 is 11.1 Å². The van der Waals surface area contributed by atoms with Crippen molar-refractivity contribution in [3.63, 3.8) is 0 Å². The van der Waals surface area contributed by atoms with Gasteiger partial charge in [-0.2, -0.15) is 0 Å². The number of carbonyl (C=O) groups excluding carboxylic acids is 1. The van der Waals surface area contributed by atoms with Crippen molar-refractivity contribution in [2.45, 2.75) is 32.2 Å². The third-order valence-corrected chi connectivity index (χ3v) is 4.01. The van der Waals surface area contributed by atoms with Crippen LogP contribution in [0.25, 0.3) is 0 Å². The van der Waals surface area contributed by atoms with Crippen LogP contribution in [0, 0.1) is 0 Å². The minimum Gasteiger partial charge on any atom is -0.399 e. The van der Waals surface area contributed by atoms with Gasteiger partial charge in [0.1, 0.15) is 0 Å². The van der Waals surface area contributed by atoms with Crippen molar-refractivity contribution in [3.05, 3.63) is 64.1 Å². The number of amides is 1. The van der Waals surface area contributed by atoms with Crippen LogP contribution >= 0.6 is 15.9 Å². The van der Waals surface area contributed by atoms with Gasteiger partial charge in [0.05, 0.1) is 0 Å². The van der Waals surface area contributed by atoms with E-state index in [1.54, 1.807) is 0 Å². The number of aryl methyl sites for hydroxylation is 1. The largest absolute Gasteiger partial charge is 0.399 e. The second-order valence-corrected chi connectivity index (χ2v) is 6.42. The molecule has 0 heterocycles. The van der Waals surface area contributed by atoms with Crippen molar-refractivity contribution in [1.29, 1.82) is 0 Å². The van der Waals surface area contributed by atoms with Crippen LogP contribution < -0.4 is 11.1 Å². The van der Waals surface area contributed by atoms with Gasteiger partial charge in [-0.05, 0) is 49.1 Å². The monoisotopic (exact) mass is 360 g/mol. The standard InChI is InChI=1S/C18H21BrN2O/c1-13(11-14-5-4-7-16(19)12-14)21-18(22)10-9-15-6-2-3-8-17(15)20/h2-8,12-13H,9-11,20H2,1H3,(H,21,22). The van der Waals surface area contributed by atoms with Crippen molar-refractivity contribution < 1.29 is 4.79 Å². The molecule has 4 heteroatoms. The van der Waals surface area contributed by atoms with E-state index >= 15 is 0 Å². The number of halogens is 1. The molecule has 0 bridgehead atoms. The van der Waals surface area contributed by atoms with Crippen LogP contribution in [0.5, 0.6) is 0 Å². The molecule has 1 unspecified atom stereocenters. The Morgan fingerprint density at radius 1 is 1.23 bits per heavy atom. The van der Waals surface area contributed by atoms with Gasteiger partial charge in [-0.15, -0.1) is 0 Å². The lowest BCUT2D eigenvalue weighted by molar-refractivity contribution is -0.121. The maximum absolute atomic E-state index is 12.0. The predicted octanol–water partition coefficient (Wildman–Crippen LogP) is 3.71. The summed E-state index contributed by atoms with van der Waals surface area (Å²) in [5.41, 5.74) is 8.86. The molecule has 0 saturated heterocycles. The number of nitrogens with two attached hydrogens (primary N) is 1. The zero-order valence-electron chi connectivity index (χ0n) is 12.7. The highest BCUT2D eigenvalue weighted by Crippen LogP contribution is 2.14. The van der Waals surface area contributed by atoms with E-state index in [-0.39, 0.29) is 11.9 Å². The van der Waals surface area contributed by atoms with Crippen LogP contribution in [0.1, 0.15) is 24.5 Å². The normalized spacial score (nSPS) is 11.9. The summed E-state index contributed by atoms with van der Waals surface area (Å²) in [7, 11) is 0. The number of nitrogen functional groups attached to an aromatic ring is 1. The van der Waals surface area contributed by atoms with Crippen molar-refractivity contribution >= 4 is 27.5 Å². The average molecular weight is 361 g/mol. The van der Waals surface area contributed by atoms with E-state index in [4.69, 9.17) is 5.73 Å². The Morgan fingerprint density at radius 3 is 2.73 bits per heavy atom. The summed E-state index contributed by atoms with van der Waals surface area (Å²) < 4.78 is 1.06. The summed E-state index contributed by atoms with van der Waals surface area (Å²) in [5, 5.41) is 3.04. The molecule has 1 atom stereocenters. The topological polar surface area (TPSA) is 55.1 Å². The molecule has 0 spiro atoms. The second kappa shape index (κ2) is 7.99. The molecule has 0 radical (unpaired) electrons. The third-order valence-electron chi connectivity index (χ3n) is 3.51. The molecule has 0 saturated carbocycles. The lowest BCUT2D eigenvalue weighted by atomic mass is 10.1. The molecule has 0 aromatic heterocycles. The number of rotatable bonds is 6. The average Bonchev–Trinajstić information content (AvgIpc) is 2.46. The van der Waals surface area contributed by atoms with E-state index in [0.717, 1.165) is 22.1 Å². The highest BCUT2D eigenvalue weighted by molar-refractivity contribution is 9.10. The first-order valence-electron chi connectivity index (χ1n) is 7.42. The van der Waals surface area contributed by atoms with E-state index in [2.05, 4.69) is 33.4 Å². The molecule has 22 heavy (non-hydrogen) atoms. The van der Waals surface area contributed by atoms with Crippen LogP contribution in [0.4, 0.5) is 5.69 Å². The maximum Gasteiger partial charge on any atom is 0.220 e. The number of hydrogen-bond donors (Lipinski definition) is 2. The van der Waals surface area contributed by atoms with Crippen LogP contribution in [0.2, 0.25) is 0 Å². The Labute approximate surface area is 140 Å². The first-order valence-corrected chi connectivity index (χ1v) is 8.21. The van der Waals surface area contributed by atoms with Gasteiger partial charge in [-0.25, -0.2) is 0 Å². The number of carbonyl (C=O) groups is 1. The molecule has 0 aliphatic rings. The number of nitrogens with one attached hydrogen (secondary N) is 1. The lowest BCUT2D eigenvalue weighted by Gasteiger charge is -2.14. The molecule has 2 rings (SSSR count). The minimum atomic E-state index is 0.0609. The van der Waals surface area contributed by atoms with Crippen LogP contribution in [-0.4, -0.2) is 11.9 Å². The van der Waals surface area contributed by atoms with Crippen LogP contribution in [0.3, 0.4) is 0 Å². The smallest absolute Gasteiger partial charge is 0.220 e. The Morgan fingerprint density at radius 2 is 2.00 bits per heavy atom. The molecule has 1 amide bonds. The summed E-state index contributed by atoms with van der Waals surface area (Å²) in [6.07, 6.45) is 1.94. The van der Waals surface area contributed by atoms with Gasteiger partial charge in [0, 0.05) is 22.6 Å². The van der Waals surface area contributed by atoms with Gasteiger partial charge >= 0.3 is 0 Å². The molecular weight excluding hydrogens is 340 g/mol. The van der Waals surface area contributed by atoms with Crippen molar-refractivity contribution in [1.82, 2.24) is 5.32 Å². The summed E-state index contributed by atoms with van der Waals surface area (Å²) in [4.78, 5) is 12.0. The molecule has 2 aromatic rings. The zero-order valence-corrected chi connectivity index (χ0v) is 14.3. The minimum absolute atomic E-state index is 0.0609. The van der Waals surface area contributed by atoms with Crippen LogP contribution in [0.15, 0.2) is 53.0 Å². The number of anilines is 1.